The van der Waals surface area contributed by atoms with Crippen LogP contribution in [0.15, 0.2) is 29.2 Å². The number of hydrogen-bond acceptors (Lipinski definition) is 3. The van der Waals surface area contributed by atoms with Gasteiger partial charge in [0, 0.05) is 27.7 Å². The Morgan fingerprint density at radius 1 is 1.18 bits per heavy atom. The van der Waals surface area contributed by atoms with Crippen LogP contribution >= 0.6 is 0 Å². The van der Waals surface area contributed by atoms with Crippen LogP contribution in [-0.2, 0) is 16.6 Å². The van der Waals surface area contributed by atoms with Gasteiger partial charge in [-0.15, -0.1) is 0 Å². The highest BCUT2D eigenvalue weighted by atomic mass is 32.2. The maximum Gasteiger partial charge on any atom is 0.242 e. The number of benzene rings is 1. The Bertz CT molecular complexity index is 452. The van der Waals surface area contributed by atoms with E-state index >= 15 is 0 Å². The first-order chi connectivity index (χ1) is 7.87. The maximum atomic E-state index is 11.8. The van der Waals surface area contributed by atoms with Gasteiger partial charge in [-0.3, -0.25) is 4.90 Å². The van der Waals surface area contributed by atoms with Crippen LogP contribution < -0.4 is 0 Å². The molecule has 0 atom stereocenters. The Balaban J connectivity index is 2.89. The molecule has 0 unspecified atom stereocenters. The number of sulfonamides is 1. The molecule has 0 fully saturated rings. The fourth-order valence-electron chi connectivity index (χ4n) is 1.35. The molecule has 4 nitrogen and oxygen atoms in total. The van der Waals surface area contributed by atoms with Gasteiger partial charge in [0.2, 0.25) is 10.0 Å². The van der Waals surface area contributed by atoms with Crippen LogP contribution in [0.3, 0.4) is 0 Å². The number of hydrogen-bond donors (Lipinski definition) is 0. The van der Waals surface area contributed by atoms with Crippen molar-refractivity contribution in [2.75, 3.05) is 20.6 Å². The lowest BCUT2D eigenvalue weighted by Crippen LogP contribution is -2.22. The zero-order valence-corrected chi connectivity index (χ0v) is 11.4. The quantitative estimate of drug-likeness (QED) is 0.801. The van der Waals surface area contributed by atoms with E-state index < -0.39 is 10.0 Å². The third-order valence-corrected chi connectivity index (χ3v) is 4.38. The molecule has 0 N–H and O–H groups in total. The van der Waals surface area contributed by atoms with Crippen molar-refractivity contribution in [3.8, 4) is 0 Å². The van der Waals surface area contributed by atoms with Gasteiger partial charge >= 0.3 is 0 Å². The van der Waals surface area contributed by atoms with E-state index in [1.54, 1.807) is 12.1 Å². The van der Waals surface area contributed by atoms with Crippen LogP contribution in [0.25, 0.3) is 0 Å². The van der Waals surface area contributed by atoms with Gasteiger partial charge in [0.1, 0.15) is 0 Å². The van der Waals surface area contributed by atoms with Crippen LogP contribution in [0.1, 0.15) is 12.5 Å². The number of rotatable bonds is 5. The zero-order valence-electron chi connectivity index (χ0n) is 10.5. The first kappa shape index (κ1) is 14.2. The predicted octanol–water partition coefficient (Wildman–Crippen LogP) is 1.55. The molecular weight excluding hydrogens is 236 g/mol. The highest BCUT2D eigenvalue weighted by Crippen LogP contribution is 2.14. The van der Waals surface area contributed by atoms with E-state index in [2.05, 4.69) is 7.05 Å². The van der Waals surface area contributed by atoms with Gasteiger partial charge in [-0.25, -0.2) is 12.7 Å². The zero-order chi connectivity index (χ0) is 13.1. The third kappa shape index (κ3) is 3.52. The van der Waals surface area contributed by atoms with Crippen molar-refractivity contribution in [3.05, 3.63) is 36.9 Å². The summed E-state index contributed by atoms with van der Waals surface area (Å²) in [5.41, 5.74) is 1.06. The Hall–Kier alpha value is -0.910. The number of nitrogens with zero attached hydrogens (tertiary/aromatic N) is 2. The van der Waals surface area contributed by atoms with E-state index in [1.165, 1.54) is 18.4 Å². The molecular formula is C12H19N2O2S. The van der Waals surface area contributed by atoms with Crippen molar-refractivity contribution in [3.63, 3.8) is 0 Å². The fraction of sp³-hybridized carbons (Fsp3) is 0.417. The Morgan fingerprint density at radius 3 is 2.12 bits per heavy atom. The fourth-order valence-corrected chi connectivity index (χ4v) is 2.25. The second-order valence-electron chi connectivity index (χ2n) is 4.08. The summed E-state index contributed by atoms with van der Waals surface area (Å²) in [4.78, 5) is 2.23. The SMILES string of the molecule is [CH2]N(CC)Cc1ccc(S(=O)(=O)N(C)C)cc1. The molecule has 0 bridgehead atoms. The van der Waals surface area contributed by atoms with Gasteiger partial charge in [-0.05, 0) is 24.2 Å². The lowest BCUT2D eigenvalue weighted by molar-refractivity contribution is 0.384. The van der Waals surface area contributed by atoms with Crippen LogP contribution in [0.2, 0.25) is 0 Å². The Labute approximate surface area is 104 Å². The molecule has 1 rings (SSSR count). The molecule has 0 spiro atoms. The van der Waals surface area contributed by atoms with E-state index in [1.807, 2.05) is 24.0 Å². The lowest BCUT2D eigenvalue weighted by atomic mass is 10.2. The van der Waals surface area contributed by atoms with Crippen LogP contribution in [-0.4, -0.2) is 38.3 Å². The first-order valence-electron chi connectivity index (χ1n) is 5.45. The Kier molecular flexibility index (Phi) is 4.68. The molecule has 0 saturated carbocycles. The summed E-state index contributed by atoms with van der Waals surface area (Å²) >= 11 is 0. The van der Waals surface area contributed by atoms with Crippen molar-refractivity contribution in [1.82, 2.24) is 9.21 Å². The maximum absolute atomic E-state index is 11.8. The summed E-state index contributed by atoms with van der Waals surface area (Å²) < 4.78 is 24.9. The van der Waals surface area contributed by atoms with E-state index in [0.29, 0.717) is 4.90 Å². The summed E-state index contributed by atoms with van der Waals surface area (Å²) in [6.07, 6.45) is 0. The van der Waals surface area contributed by atoms with Crippen molar-refractivity contribution in [2.45, 2.75) is 18.4 Å². The molecule has 0 aromatic heterocycles. The van der Waals surface area contributed by atoms with Crippen molar-refractivity contribution >= 4 is 10.0 Å². The van der Waals surface area contributed by atoms with Gasteiger partial charge < -0.3 is 0 Å². The largest absolute Gasteiger partial charge is 0.298 e. The first-order valence-corrected chi connectivity index (χ1v) is 6.89. The molecule has 0 amide bonds. The van der Waals surface area contributed by atoms with Gasteiger partial charge in [-0.2, -0.15) is 0 Å². The van der Waals surface area contributed by atoms with Crippen LogP contribution in [0.4, 0.5) is 0 Å². The average molecular weight is 255 g/mol. The summed E-state index contributed by atoms with van der Waals surface area (Å²) in [6, 6.07) is 6.91. The third-order valence-electron chi connectivity index (χ3n) is 2.56. The Morgan fingerprint density at radius 2 is 1.71 bits per heavy atom. The molecule has 0 aliphatic rings. The van der Waals surface area contributed by atoms with E-state index in [4.69, 9.17) is 0 Å². The predicted molar refractivity (Wildman–Crippen MR) is 68.8 cm³/mol. The van der Waals surface area contributed by atoms with E-state index in [9.17, 15) is 8.42 Å². The minimum absolute atomic E-state index is 0.318. The van der Waals surface area contributed by atoms with E-state index in [-0.39, 0.29) is 0 Å². The molecule has 0 aliphatic heterocycles. The highest BCUT2D eigenvalue weighted by molar-refractivity contribution is 7.89. The minimum Gasteiger partial charge on any atom is -0.298 e. The molecule has 0 heterocycles. The topological polar surface area (TPSA) is 40.6 Å². The molecule has 5 heteroatoms. The molecule has 95 valence electrons. The summed E-state index contributed by atoms with van der Waals surface area (Å²) in [7, 11) is 3.59. The second-order valence-corrected chi connectivity index (χ2v) is 6.23. The molecule has 17 heavy (non-hydrogen) atoms. The molecule has 0 aliphatic carbocycles. The van der Waals surface area contributed by atoms with Gasteiger partial charge in [0.25, 0.3) is 0 Å². The second kappa shape index (κ2) is 5.62. The van der Waals surface area contributed by atoms with Crippen molar-refractivity contribution in [2.24, 2.45) is 0 Å². The molecule has 1 aromatic rings. The summed E-state index contributed by atoms with van der Waals surface area (Å²) in [5, 5.41) is 0. The van der Waals surface area contributed by atoms with Crippen molar-refractivity contribution in [1.29, 1.82) is 0 Å². The van der Waals surface area contributed by atoms with Crippen LogP contribution in [0.5, 0.6) is 0 Å². The standard InChI is InChI=1S/C12H19N2O2S/c1-5-14(4)10-11-6-8-12(9-7-11)17(15,16)13(2)3/h6-9H,4-5,10H2,1-3H3. The van der Waals surface area contributed by atoms with Crippen LogP contribution in [0, 0.1) is 7.05 Å². The van der Waals surface area contributed by atoms with Gasteiger partial charge in [-0.1, -0.05) is 19.1 Å². The van der Waals surface area contributed by atoms with Crippen molar-refractivity contribution < 1.29 is 8.42 Å². The van der Waals surface area contributed by atoms with Gasteiger partial charge in [0.05, 0.1) is 4.90 Å². The average Bonchev–Trinajstić information content (AvgIpc) is 2.29. The summed E-state index contributed by atoms with van der Waals surface area (Å²) in [6.45, 7) is 3.61. The molecule has 0 saturated heterocycles. The normalized spacial score (nSPS) is 12.4. The lowest BCUT2D eigenvalue weighted by Gasteiger charge is -2.15. The highest BCUT2D eigenvalue weighted by Gasteiger charge is 2.16. The van der Waals surface area contributed by atoms with Gasteiger partial charge in [0.15, 0.2) is 0 Å². The summed E-state index contributed by atoms with van der Waals surface area (Å²) in [5.74, 6) is 0. The minimum atomic E-state index is -3.32. The smallest absolute Gasteiger partial charge is 0.242 e. The molecule has 1 radical (unpaired) electrons. The van der Waals surface area contributed by atoms with E-state index in [0.717, 1.165) is 18.7 Å². The molecule has 1 aromatic carbocycles. The monoisotopic (exact) mass is 255 g/mol.